The molecule has 1 N–H and O–H groups in total. The highest BCUT2D eigenvalue weighted by atomic mass is 16.5. The van der Waals surface area contributed by atoms with E-state index >= 15 is 0 Å². The summed E-state index contributed by atoms with van der Waals surface area (Å²) in [6, 6.07) is 0.461. The minimum atomic E-state index is 0.461. The number of nitrogens with one attached hydrogen (secondary N) is 1. The Balaban J connectivity index is 2.42. The topological polar surface area (TPSA) is 21.3 Å². The maximum absolute atomic E-state index is 5.29. The van der Waals surface area contributed by atoms with E-state index in [4.69, 9.17) is 4.74 Å². The maximum Gasteiger partial charge on any atom is 0.0691 e. The van der Waals surface area contributed by atoms with Crippen molar-refractivity contribution in [3.63, 3.8) is 0 Å². The SMILES string of the molecule is CC1=CN[C@@H](C)COC1. The summed E-state index contributed by atoms with van der Waals surface area (Å²) in [6.45, 7) is 5.76. The highest BCUT2D eigenvalue weighted by Gasteiger charge is 2.02. The molecule has 1 aliphatic rings. The molecule has 1 atom stereocenters. The van der Waals surface area contributed by atoms with Crippen LogP contribution in [-0.2, 0) is 4.74 Å². The van der Waals surface area contributed by atoms with Gasteiger partial charge in [-0.1, -0.05) is 0 Å². The molecule has 0 unspecified atom stereocenters. The van der Waals surface area contributed by atoms with E-state index in [1.165, 1.54) is 5.57 Å². The first kappa shape index (κ1) is 6.62. The molecule has 1 aliphatic heterocycles. The molecule has 0 amide bonds. The minimum Gasteiger partial charge on any atom is -0.386 e. The van der Waals surface area contributed by atoms with Gasteiger partial charge in [-0.15, -0.1) is 0 Å². The van der Waals surface area contributed by atoms with E-state index in [-0.39, 0.29) is 0 Å². The Morgan fingerprint density at radius 1 is 1.78 bits per heavy atom. The molecule has 0 bridgehead atoms. The Hall–Kier alpha value is -0.500. The van der Waals surface area contributed by atoms with Crippen molar-refractivity contribution in [3.8, 4) is 0 Å². The fourth-order valence-corrected chi connectivity index (χ4v) is 0.771. The fraction of sp³-hybridized carbons (Fsp3) is 0.714. The van der Waals surface area contributed by atoms with Gasteiger partial charge in [0.2, 0.25) is 0 Å². The molecule has 2 nitrogen and oxygen atoms in total. The Morgan fingerprint density at radius 3 is 3.33 bits per heavy atom. The van der Waals surface area contributed by atoms with Crippen molar-refractivity contribution in [2.24, 2.45) is 0 Å². The third-order valence-electron chi connectivity index (χ3n) is 1.31. The molecule has 0 spiro atoms. The van der Waals surface area contributed by atoms with Crippen LogP contribution in [0, 0.1) is 0 Å². The van der Waals surface area contributed by atoms with Gasteiger partial charge in [0.15, 0.2) is 0 Å². The summed E-state index contributed by atoms with van der Waals surface area (Å²) in [6.07, 6.45) is 2.03. The van der Waals surface area contributed by atoms with Crippen LogP contribution in [0.25, 0.3) is 0 Å². The summed E-state index contributed by atoms with van der Waals surface area (Å²) in [5.74, 6) is 0. The van der Waals surface area contributed by atoms with E-state index in [2.05, 4.69) is 19.2 Å². The van der Waals surface area contributed by atoms with E-state index in [0.29, 0.717) is 6.04 Å². The van der Waals surface area contributed by atoms with Gasteiger partial charge in [-0.25, -0.2) is 0 Å². The van der Waals surface area contributed by atoms with E-state index < -0.39 is 0 Å². The normalized spacial score (nSPS) is 28.2. The number of hydrogen-bond acceptors (Lipinski definition) is 2. The molecule has 0 aliphatic carbocycles. The second-order valence-corrected chi connectivity index (χ2v) is 2.57. The molecular weight excluding hydrogens is 114 g/mol. The van der Waals surface area contributed by atoms with Crippen LogP contribution in [0.1, 0.15) is 13.8 Å². The van der Waals surface area contributed by atoms with Gasteiger partial charge in [0.25, 0.3) is 0 Å². The second-order valence-electron chi connectivity index (χ2n) is 2.57. The smallest absolute Gasteiger partial charge is 0.0691 e. The Bertz CT molecular complexity index is 120. The molecule has 0 radical (unpaired) electrons. The lowest BCUT2D eigenvalue weighted by atomic mass is 10.3. The van der Waals surface area contributed by atoms with Gasteiger partial charge < -0.3 is 10.1 Å². The lowest BCUT2D eigenvalue weighted by molar-refractivity contribution is 0.146. The van der Waals surface area contributed by atoms with Crippen molar-refractivity contribution < 1.29 is 4.74 Å². The fourth-order valence-electron chi connectivity index (χ4n) is 0.771. The quantitative estimate of drug-likeness (QED) is 0.522. The van der Waals surface area contributed by atoms with Gasteiger partial charge in [-0.2, -0.15) is 0 Å². The third kappa shape index (κ3) is 2.06. The average molecular weight is 127 g/mol. The van der Waals surface area contributed by atoms with E-state index in [9.17, 15) is 0 Å². The number of hydrogen-bond donors (Lipinski definition) is 1. The lowest BCUT2D eigenvalue weighted by Gasteiger charge is -2.06. The molecule has 0 fully saturated rings. The number of rotatable bonds is 0. The molecule has 0 aromatic heterocycles. The van der Waals surface area contributed by atoms with Crippen LogP contribution in [0.3, 0.4) is 0 Å². The van der Waals surface area contributed by atoms with Gasteiger partial charge >= 0.3 is 0 Å². The molecule has 2 heteroatoms. The Kier molecular flexibility index (Phi) is 2.11. The number of ether oxygens (including phenoxy) is 1. The molecule has 9 heavy (non-hydrogen) atoms. The zero-order valence-corrected chi connectivity index (χ0v) is 5.98. The first-order chi connectivity index (χ1) is 4.29. The molecule has 1 heterocycles. The van der Waals surface area contributed by atoms with Gasteiger partial charge in [0, 0.05) is 6.04 Å². The zero-order chi connectivity index (χ0) is 6.69. The van der Waals surface area contributed by atoms with Crippen LogP contribution in [0.15, 0.2) is 11.8 Å². The first-order valence-corrected chi connectivity index (χ1v) is 3.28. The zero-order valence-electron chi connectivity index (χ0n) is 5.98. The van der Waals surface area contributed by atoms with Crippen LogP contribution < -0.4 is 5.32 Å². The van der Waals surface area contributed by atoms with Crippen LogP contribution in [0.5, 0.6) is 0 Å². The Morgan fingerprint density at radius 2 is 2.56 bits per heavy atom. The molecule has 0 saturated carbocycles. The molecule has 1 rings (SSSR count). The van der Waals surface area contributed by atoms with Crippen molar-refractivity contribution in [2.75, 3.05) is 13.2 Å². The van der Waals surface area contributed by atoms with Crippen LogP contribution >= 0.6 is 0 Å². The van der Waals surface area contributed by atoms with Crippen molar-refractivity contribution in [1.29, 1.82) is 0 Å². The third-order valence-corrected chi connectivity index (χ3v) is 1.31. The van der Waals surface area contributed by atoms with Crippen molar-refractivity contribution >= 4 is 0 Å². The summed E-state index contributed by atoms with van der Waals surface area (Å²) in [5, 5.41) is 3.21. The van der Waals surface area contributed by atoms with E-state index in [1.807, 2.05) is 6.20 Å². The Labute approximate surface area is 55.9 Å². The van der Waals surface area contributed by atoms with Crippen LogP contribution in [0.2, 0.25) is 0 Å². The van der Waals surface area contributed by atoms with Crippen LogP contribution in [-0.4, -0.2) is 19.3 Å². The maximum atomic E-state index is 5.29. The summed E-state index contributed by atoms with van der Waals surface area (Å²) in [4.78, 5) is 0. The van der Waals surface area contributed by atoms with Gasteiger partial charge in [0.1, 0.15) is 0 Å². The summed E-state index contributed by atoms with van der Waals surface area (Å²) in [7, 11) is 0. The van der Waals surface area contributed by atoms with Gasteiger partial charge in [0.05, 0.1) is 13.2 Å². The molecule has 0 aromatic carbocycles. The van der Waals surface area contributed by atoms with Gasteiger partial charge in [-0.3, -0.25) is 0 Å². The van der Waals surface area contributed by atoms with Gasteiger partial charge in [-0.05, 0) is 25.6 Å². The largest absolute Gasteiger partial charge is 0.386 e. The highest BCUT2D eigenvalue weighted by Crippen LogP contribution is 1.98. The van der Waals surface area contributed by atoms with Crippen LogP contribution in [0.4, 0.5) is 0 Å². The molecule has 52 valence electrons. The summed E-state index contributed by atoms with van der Waals surface area (Å²) < 4.78 is 5.29. The van der Waals surface area contributed by atoms with E-state index in [1.54, 1.807) is 0 Å². The standard InChI is InChI=1S/C7H13NO/c1-6-3-8-7(2)5-9-4-6/h3,7-8H,4-5H2,1-2H3/t7-/m0/s1. The summed E-state index contributed by atoms with van der Waals surface area (Å²) >= 11 is 0. The van der Waals surface area contributed by atoms with Crippen molar-refractivity contribution in [1.82, 2.24) is 5.32 Å². The predicted octanol–water partition coefficient (Wildman–Crippen LogP) is 0.899. The van der Waals surface area contributed by atoms with Crippen molar-refractivity contribution in [2.45, 2.75) is 19.9 Å². The monoisotopic (exact) mass is 127 g/mol. The van der Waals surface area contributed by atoms with E-state index in [0.717, 1.165) is 13.2 Å². The predicted molar refractivity (Wildman–Crippen MR) is 37.2 cm³/mol. The van der Waals surface area contributed by atoms with Crippen molar-refractivity contribution in [3.05, 3.63) is 11.8 Å². The molecule has 0 saturated heterocycles. The average Bonchev–Trinajstić information content (AvgIpc) is 1.97. The second kappa shape index (κ2) is 2.87. The lowest BCUT2D eigenvalue weighted by Crippen LogP contribution is -2.23. The molecular formula is C7H13NO. The minimum absolute atomic E-state index is 0.461. The molecule has 0 aromatic rings. The highest BCUT2D eigenvalue weighted by molar-refractivity contribution is 4.99. The summed E-state index contributed by atoms with van der Waals surface area (Å²) in [5.41, 5.74) is 1.26. The first-order valence-electron chi connectivity index (χ1n) is 3.28.